The van der Waals surface area contributed by atoms with Crippen molar-refractivity contribution < 1.29 is 8.81 Å². The first-order chi connectivity index (χ1) is 9.63. The van der Waals surface area contributed by atoms with Crippen molar-refractivity contribution in [3.05, 3.63) is 65.8 Å². The molecule has 2 aromatic carbocycles. The first-order valence-corrected chi connectivity index (χ1v) is 6.44. The van der Waals surface area contributed by atoms with E-state index >= 15 is 0 Å². The largest absolute Gasteiger partial charge is 0.440 e. The van der Waals surface area contributed by atoms with E-state index in [0.717, 1.165) is 16.8 Å². The Morgan fingerprint density at radius 2 is 1.45 bits per heavy atom. The third-order valence-corrected chi connectivity index (χ3v) is 3.17. The van der Waals surface area contributed by atoms with Gasteiger partial charge in [-0.3, -0.25) is 0 Å². The van der Waals surface area contributed by atoms with Crippen molar-refractivity contribution in [3.63, 3.8) is 0 Å². The van der Waals surface area contributed by atoms with Crippen molar-refractivity contribution in [2.75, 3.05) is 0 Å². The normalized spacial score (nSPS) is 10.8. The number of hydrogen-bond donors (Lipinski definition) is 0. The van der Waals surface area contributed by atoms with E-state index in [1.807, 2.05) is 38.1 Å². The molecule has 0 saturated carbocycles. The lowest BCUT2D eigenvalue weighted by molar-refractivity contribution is 0.534. The molecular formula is C17H14FNO. The second-order valence-corrected chi connectivity index (χ2v) is 4.78. The first kappa shape index (κ1) is 12.6. The van der Waals surface area contributed by atoms with Gasteiger partial charge in [-0.2, -0.15) is 0 Å². The molecular weight excluding hydrogens is 253 g/mol. The molecule has 3 heteroatoms. The molecule has 0 spiro atoms. The maximum Gasteiger partial charge on any atom is 0.192 e. The summed E-state index contributed by atoms with van der Waals surface area (Å²) in [6.07, 6.45) is 0. The predicted molar refractivity (Wildman–Crippen MR) is 76.8 cm³/mol. The molecule has 20 heavy (non-hydrogen) atoms. The summed E-state index contributed by atoms with van der Waals surface area (Å²) in [4.78, 5) is 4.42. The van der Waals surface area contributed by atoms with Crippen molar-refractivity contribution in [2.24, 2.45) is 0 Å². The van der Waals surface area contributed by atoms with Crippen LogP contribution in [0.1, 0.15) is 11.5 Å². The molecule has 0 unspecified atom stereocenters. The Morgan fingerprint density at radius 1 is 0.850 bits per heavy atom. The Labute approximate surface area is 116 Å². The van der Waals surface area contributed by atoms with Crippen LogP contribution in [0.4, 0.5) is 4.39 Å². The lowest BCUT2D eigenvalue weighted by Gasteiger charge is -2.02. The van der Waals surface area contributed by atoms with E-state index in [4.69, 9.17) is 4.42 Å². The molecule has 0 radical (unpaired) electrons. The van der Waals surface area contributed by atoms with Crippen LogP contribution in [0.15, 0.2) is 52.9 Å². The number of rotatable bonds is 2. The van der Waals surface area contributed by atoms with E-state index in [1.165, 1.54) is 17.7 Å². The van der Waals surface area contributed by atoms with Gasteiger partial charge in [0, 0.05) is 18.1 Å². The van der Waals surface area contributed by atoms with Gasteiger partial charge in [-0.25, -0.2) is 9.37 Å². The number of halogens is 1. The quantitative estimate of drug-likeness (QED) is 0.668. The fourth-order valence-corrected chi connectivity index (χ4v) is 2.13. The van der Waals surface area contributed by atoms with Crippen molar-refractivity contribution in [3.8, 4) is 22.6 Å². The lowest BCUT2D eigenvalue weighted by Crippen LogP contribution is -1.84. The zero-order chi connectivity index (χ0) is 14.1. The highest BCUT2D eigenvalue weighted by molar-refractivity contribution is 5.76. The van der Waals surface area contributed by atoms with Crippen molar-refractivity contribution in [2.45, 2.75) is 13.8 Å². The van der Waals surface area contributed by atoms with E-state index in [2.05, 4.69) is 4.98 Å². The molecule has 1 heterocycles. The highest BCUT2D eigenvalue weighted by atomic mass is 19.1. The SMILES string of the molecule is Cc1ccc(-c2oc(C)nc2-c2ccc(F)cc2)cc1. The van der Waals surface area contributed by atoms with Crippen LogP contribution in [0.2, 0.25) is 0 Å². The highest BCUT2D eigenvalue weighted by Crippen LogP contribution is 2.32. The molecule has 0 aliphatic carbocycles. The second kappa shape index (κ2) is 4.93. The number of aryl methyl sites for hydroxylation is 2. The third-order valence-electron chi connectivity index (χ3n) is 3.17. The molecule has 100 valence electrons. The van der Waals surface area contributed by atoms with E-state index in [9.17, 15) is 4.39 Å². The van der Waals surface area contributed by atoms with Crippen LogP contribution >= 0.6 is 0 Å². The zero-order valence-corrected chi connectivity index (χ0v) is 11.4. The van der Waals surface area contributed by atoms with Crippen LogP contribution in [-0.2, 0) is 0 Å². The summed E-state index contributed by atoms with van der Waals surface area (Å²) >= 11 is 0. The monoisotopic (exact) mass is 267 g/mol. The summed E-state index contributed by atoms with van der Waals surface area (Å²) in [7, 11) is 0. The number of hydrogen-bond acceptors (Lipinski definition) is 2. The van der Waals surface area contributed by atoms with Crippen LogP contribution in [-0.4, -0.2) is 4.98 Å². The lowest BCUT2D eigenvalue weighted by atomic mass is 10.0. The van der Waals surface area contributed by atoms with Gasteiger partial charge in [-0.15, -0.1) is 0 Å². The summed E-state index contributed by atoms with van der Waals surface area (Å²) in [5.41, 5.74) is 3.74. The Hall–Kier alpha value is -2.42. The number of oxazole rings is 1. The van der Waals surface area contributed by atoms with Crippen molar-refractivity contribution >= 4 is 0 Å². The van der Waals surface area contributed by atoms with Gasteiger partial charge in [0.25, 0.3) is 0 Å². The van der Waals surface area contributed by atoms with Gasteiger partial charge >= 0.3 is 0 Å². The van der Waals surface area contributed by atoms with Gasteiger partial charge in [0.15, 0.2) is 11.7 Å². The molecule has 0 atom stereocenters. The van der Waals surface area contributed by atoms with Gasteiger partial charge in [-0.1, -0.05) is 29.8 Å². The third kappa shape index (κ3) is 2.35. The molecule has 0 amide bonds. The second-order valence-electron chi connectivity index (χ2n) is 4.78. The molecule has 0 bridgehead atoms. The molecule has 0 aliphatic heterocycles. The molecule has 0 aliphatic rings. The van der Waals surface area contributed by atoms with Gasteiger partial charge in [0.2, 0.25) is 0 Å². The van der Waals surface area contributed by atoms with Crippen molar-refractivity contribution in [1.82, 2.24) is 4.98 Å². The minimum absolute atomic E-state index is 0.258. The minimum atomic E-state index is -0.258. The molecule has 0 saturated heterocycles. The van der Waals surface area contributed by atoms with Crippen LogP contribution in [0.5, 0.6) is 0 Å². The van der Waals surface area contributed by atoms with Crippen LogP contribution < -0.4 is 0 Å². The predicted octanol–water partition coefficient (Wildman–Crippen LogP) is 4.76. The van der Waals surface area contributed by atoms with E-state index < -0.39 is 0 Å². The molecule has 0 fully saturated rings. The summed E-state index contributed by atoms with van der Waals surface area (Å²) in [6.45, 7) is 3.85. The smallest absolute Gasteiger partial charge is 0.192 e. The fourth-order valence-electron chi connectivity index (χ4n) is 2.13. The summed E-state index contributed by atoms with van der Waals surface area (Å²) in [5, 5.41) is 0. The zero-order valence-electron chi connectivity index (χ0n) is 11.4. The van der Waals surface area contributed by atoms with E-state index in [0.29, 0.717) is 11.7 Å². The summed E-state index contributed by atoms with van der Waals surface area (Å²) in [5.74, 6) is 1.06. The summed E-state index contributed by atoms with van der Waals surface area (Å²) in [6, 6.07) is 14.3. The Bertz CT molecular complexity index is 664. The molecule has 3 aromatic rings. The van der Waals surface area contributed by atoms with Gasteiger partial charge in [0.1, 0.15) is 11.5 Å². The molecule has 1 aromatic heterocycles. The van der Waals surface area contributed by atoms with Crippen molar-refractivity contribution in [1.29, 1.82) is 0 Å². The average molecular weight is 267 g/mol. The number of nitrogens with zero attached hydrogens (tertiary/aromatic N) is 1. The molecule has 0 N–H and O–H groups in total. The average Bonchev–Trinajstić information content (AvgIpc) is 2.82. The maximum absolute atomic E-state index is 13.0. The molecule has 2 nitrogen and oxygen atoms in total. The fraction of sp³-hybridized carbons (Fsp3) is 0.118. The minimum Gasteiger partial charge on any atom is -0.440 e. The van der Waals surface area contributed by atoms with E-state index in [1.54, 1.807) is 12.1 Å². The van der Waals surface area contributed by atoms with Crippen LogP contribution in [0.25, 0.3) is 22.6 Å². The van der Waals surface area contributed by atoms with E-state index in [-0.39, 0.29) is 5.82 Å². The Balaban J connectivity index is 2.12. The summed E-state index contributed by atoms with van der Waals surface area (Å²) < 4.78 is 18.8. The molecule has 3 rings (SSSR count). The van der Waals surface area contributed by atoms with Gasteiger partial charge in [0.05, 0.1) is 0 Å². The number of benzene rings is 2. The standard InChI is InChI=1S/C17H14FNO/c1-11-3-5-14(6-4-11)17-16(19-12(2)20-17)13-7-9-15(18)10-8-13/h3-10H,1-2H3. The Kier molecular flexibility index (Phi) is 3.11. The Morgan fingerprint density at radius 3 is 2.10 bits per heavy atom. The highest BCUT2D eigenvalue weighted by Gasteiger charge is 2.15. The topological polar surface area (TPSA) is 26.0 Å². The first-order valence-electron chi connectivity index (χ1n) is 6.44. The van der Waals surface area contributed by atoms with Gasteiger partial charge in [-0.05, 0) is 31.2 Å². The van der Waals surface area contributed by atoms with Crippen LogP contribution in [0, 0.1) is 19.7 Å². The number of aromatic nitrogens is 1. The van der Waals surface area contributed by atoms with Gasteiger partial charge < -0.3 is 4.42 Å². The van der Waals surface area contributed by atoms with Crippen LogP contribution in [0.3, 0.4) is 0 Å². The maximum atomic E-state index is 13.0.